The Morgan fingerprint density at radius 1 is 0.925 bits per heavy atom. The molecule has 8 nitrogen and oxygen atoms in total. The van der Waals surface area contributed by atoms with E-state index < -0.39 is 28.5 Å². The molecule has 10 heteroatoms. The van der Waals surface area contributed by atoms with E-state index in [4.69, 9.17) is 4.74 Å². The predicted octanol–water partition coefficient (Wildman–Crippen LogP) is 4.94. The van der Waals surface area contributed by atoms with Gasteiger partial charge in [0.25, 0.3) is 10.0 Å². The smallest absolute Gasteiger partial charge is 0.264 e. The van der Waals surface area contributed by atoms with Crippen LogP contribution in [0.1, 0.15) is 33.3 Å². The molecule has 3 aromatic rings. The van der Waals surface area contributed by atoms with Gasteiger partial charge in [0.15, 0.2) is 0 Å². The van der Waals surface area contributed by atoms with Crippen molar-refractivity contribution in [3.63, 3.8) is 0 Å². The molecule has 0 aliphatic carbocycles. The maximum atomic E-state index is 13.9. The molecular weight excluding hydrogens is 546 g/mol. The number of nitrogens with one attached hydrogen (secondary N) is 1. The van der Waals surface area contributed by atoms with Gasteiger partial charge in [-0.3, -0.25) is 13.9 Å². The minimum Gasteiger partial charge on any atom is -0.494 e. The lowest BCUT2D eigenvalue weighted by Crippen LogP contribution is -2.52. The largest absolute Gasteiger partial charge is 0.494 e. The van der Waals surface area contributed by atoms with Crippen LogP contribution < -0.4 is 14.4 Å². The molecule has 40 heavy (non-hydrogen) atoms. The predicted molar refractivity (Wildman–Crippen MR) is 160 cm³/mol. The van der Waals surface area contributed by atoms with E-state index in [-0.39, 0.29) is 23.4 Å². The summed E-state index contributed by atoms with van der Waals surface area (Å²) in [5.41, 5.74) is 1.13. The highest BCUT2D eigenvalue weighted by molar-refractivity contribution is 7.98. The molecule has 3 aromatic carbocycles. The van der Waals surface area contributed by atoms with E-state index in [2.05, 4.69) is 5.32 Å². The van der Waals surface area contributed by atoms with Crippen molar-refractivity contribution in [1.82, 2.24) is 10.2 Å². The second kappa shape index (κ2) is 14.2. The Hall–Kier alpha value is -3.50. The van der Waals surface area contributed by atoms with Crippen LogP contribution in [0.2, 0.25) is 0 Å². The minimum absolute atomic E-state index is 0.0622. The van der Waals surface area contributed by atoms with Gasteiger partial charge in [-0.25, -0.2) is 8.42 Å². The monoisotopic (exact) mass is 583 g/mol. The number of hydrogen-bond acceptors (Lipinski definition) is 6. The fourth-order valence-corrected chi connectivity index (χ4v) is 5.87. The Morgan fingerprint density at radius 3 is 2.10 bits per heavy atom. The first-order chi connectivity index (χ1) is 19.1. The molecule has 0 bridgehead atoms. The van der Waals surface area contributed by atoms with Gasteiger partial charge >= 0.3 is 0 Å². The fraction of sp³-hybridized carbons (Fsp3) is 0.333. The fourth-order valence-electron chi connectivity index (χ4n) is 4.05. The normalized spacial score (nSPS) is 12.1. The van der Waals surface area contributed by atoms with E-state index >= 15 is 0 Å². The van der Waals surface area contributed by atoms with E-state index in [1.807, 2.05) is 57.4 Å². The van der Waals surface area contributed by atoms with Crippen molar-refractivity contribution >= 4 is 39.3 Å². The van der Waals surface area contributed by atoms with Gasteiger partial charge in [-0.05, 0) is 88.0 Å². The van der Waals surface area contributed by atoms with Gasteiger partial charge in [0.2, 0.25) is 11.8 Å². The number of anilines is 1. The summed E-state index contributed by atoms with van der Waals surface area (Å²) >= 11 is 1.50. The van der Waals surface area contributed by atoms with Crippen LogP contribution >= 0.6 is 11.8 Å². The molecule has 2 amide bonds. The molecular formula is C30H37N3O5S2. The second-order valence-electron chi connectivity index (χ2n) is 9.46. The standard InChI is InChI=1S/C30H37N3O5S2/c1-6-38-26-14-12-25(13-15-26)33(40(36,37)28-18-16-27(39-5)17-19-28)21-29(34)32(20-24-10-8-7-9-11-24)23(4)30(35)31-22(2)3/h7-19,22-23H,6,20-21H2,1-5H3,(H,31,35)/t23-/m0/s1. The van der Waals surface area contributed by atoms with Crippen LogP contribution in [0.15, 0.2) is 88.7 Å². The first-order valence-corrected chi connectivity index (χ1v) is 15.8. The maximum Gasteiger partial charge on any atom is 0.264 e. The van der Waals surface area contributed by atoms with Crippen molar-refractivity contribution < 1.29 is 22.7 Å². The summed E-state index contributed by atoms with van der Waals surface area (Å²) in [6, 6.07) is 21.5. The topological polar surface area (TPSA) is 96.0 Å². The average Bonchev–Trinajstić information content (AvgIpc) is 2.95. The van der Waals surface area contributed by atoms with Crippen LogP contribution in [0.5, 0.6) is 5.75 Å². The third kappa shape index (κ3) is 8.02. The van der Waals surface area contributed by atoms with Crippen molar-refractivity contribution in [3.05, 3.63) is 84.4 Å². The number of carbonyl (C=O) groups excluding carboxylic acids is 2. The molecule has 1 atom stereocenters. The van der Waals surface area contributed by atoms with Crippen LogP contribution in [0.4, 0.5) is 5.69 Å². The van der Waals surface area contributed by atoms with Gasteiger partial charge in [-0.2, -0.15) is 0 Å². The van der Waals surface area contributed by atoms with Gasteiger partial charge in [0.05, 0.1) is 17.2 Å². The lowest BCUT2D eigenvalue weighted by molar-refractivity contribution is -0.139. The summed E-state index contributed by atoms with van der Waals surface area (Å²) in [5, 5.41) is 2.85. The Bertz CT molecular complexity index is 1360. The summed E-state index contributed by atoms with van der Waals surface area (Å²) in [6.45, 7) is 7.31. The van der Waals surface area contributed by atoms with E-state index in [0.717, 1.165) is 14.8 Å². The summed E-state index contributed by atoms with van der Waals surface area (Å²) in [5.74, 6) is -0.236. The molecule has 0 fully saturated rings. The Morgan fingerprint density at radius 2 is 1.55 bits per heavy atom. The number of nitrogens with zero attached hydrogens (tertiary/aromatic N) is 2. The van der Waals surface area contributed by atoms with Gasteiger partial charge in [0.1, 0.15) is 18.3 Å². The highest BCUT2D eigenvalue weighted by Crippen LogP contribution is 2.28. The average molecular weight is 584 g/mol. The second-order valence-corrected chi connectivity index (χ2v) is 12.2. The number of carbonyl (C=O) groups is 2. The Kier molecular flexibility index (Phi) is 11.0. The molecule has 1 N–H and O–H groups in total. The van der Waals surface area contributed by atoms with E-state index in [9.17, 15) is 18.0 Å². The van der Waals surface area contributed by atoms with Crippen molar-refractivity contribution in [2.24, 2.45) is 0 Å². The van der Waals surface area contributed by atoms with E-state index in [0.29, 0.717) is 18.0 Å². The third-order valence-corrected chi connectivity index (χ3v) is 8.69. The summed E-state index contributed by atoms with van der Waals surface area (Å²) in [7, 11) is -4.14. The molecule has 0 aromatic heterocycles. The van der Waals surface area contributed by atoms with E-state index in [1.54, 1.807) is 43.3 Å². The van der Waals surface area contributed by atoms with Crippen molar-refractivity contribution in [2.75, 3.05) is 23.7 Å². The number of hydrogen-bond donors (Lipinski definition) is 1. The molecule has 0 unspecified atom stereocenters. The molecule has 0 aliphatic heterocycles. The quantitative estimate of drug-likeness (QED) is 0.286. The molecule has 0 saturated carbocycles. The number of benzene rings is 3. The lowest BCUT2D eigenvalue weighted by atomic mass is 10.1. The SMILES string of the molecule is CCOc1ccc(N(CC(=O)N(Cc2ccccc2)[C@@H](C)C(=O)NC(C)C)S(=O)(=O)c2ccc(SC)cc2)cc1. The van der Waals surface area contributed by atoms with Gasteiger partial charge < -0.3 is 15.0 Å². The first kappa shape index (κ1) is 31.0. The number of amides is 2. The third-order valence-electron chi connectivity index (χ3n) is 6.16. The highest BCUT2D eigenvalue weighted by Gasteiger charge is 2.32. The van der Waals surface area contributed by atoms with Crippen molar-refractivity contribution in [3.8, 4) is 5.75 Å². The summed E-state index contributed by atoms with van der Waals surface area (Å²) in [4.78, 5) is 29.3. The summed E-state index contributed by atoms with van der Waals surface area (Å²) in [6.07, 6.45) is 1.91. The molecule has 0 heterocycles. The van der Waals surface area contributed by atoms with Crippen LogP contribution in [-0.4, -0.2) is 56.6 Å². The Balaban J connectivity index is 2.02. The number of sulfonamides is 1. The zero-order valence-electron chi connectivity index (χ0n) is 23.5. The summed E-state index contributed by atoms with van der Waals surface area (Å²) < 4.78 is 34.5. The van der Waals surface area contributed by atoms with Crippen molar-refractivity contribution in [1.29, 1.82) is 0 Å². The molecule has 214 valence electrons. The molecule has 3 rings (SSSR count). The maximum absolute atomic E-state index is 13.9. The molecule has 0 saturated heterocycles. The minimum atomic E-state index is -4.14. The highest BCUT2D eigenvalue weighted by atomic mass is 32.2. The number of thioether (sulfide) groups is 1. The number of ether oxygens (including phenoxy) is 1. The van der Waals surface area contributed by atoms with Crippen molar-refractivity contribution in [2.45, 2.75) is 56.1 Å². The Labute approximate surface area is 241 Å². The molecule has 0 radical (unpaired) electrons. The zero-order valence-corrected chi connectivity index (χ0v) is 25.2. The first-order valence-electron chi connectivity index (χ1n) is 13.1. The lowest BCUT2D eigenvalue weighted by Gasteiger charge is -2.32. The molecule has 0 spiro atoms. The van der Waals surface area contributed by atoms with E-state index in [1.165, 1.54) is 28.8 Å². The van der Waals surface area contributed by atoms with Crippen LogP contribution in [0.3, 0.4) is 0 Å². The van der Waals surface area contributed by atoms with Crippen LogP contribution in [-0.2, 0) is 26.2 Å². The molecule has 0 aliphatic rings. The zero-order chi connectivity index (χ0) is 29.3. The number of rotatable bonds is 13. The van der Waals surface area contributed by atoms with Crippen LogP contribution in [0, 0.1) is 0 Å². The van der Waals surface area contributed by atoms with Gasteiger partial charge in [-0.15, -0.1) is 11.8 Å². The van der Waals surface area contributed by atoms with Gasteiger partial charge in [-0.1, -0.05) is 30.3 Å². The van der Waals surface area contributed by atoms with Crippen LogP contribution in [0.25, 0.3) is 0 Å². The van der Waals surface area contributed by atoms with Gasteiger partial charge in [0, 0.05) is 17.5 Å².